The predicted molar refractivity (Wildman–Crippen MR) is 88.3 cm³/mol. The molecule has 10 heteroatoms. The van der Waals surface area contributed by atoms with Crippen molar-refractivity contribution in [3.8, 4) is 10.6 Å². The minimum atomic E-state index is -4.69. The van der Waals surface area contributed by atoms with Crippen molar-refractivity contribution in [3.63, 3.8) is 0 Å². The molecule has 0 fully saturated rings. The highest BCUT2D eigenvalue weighted by Gasteiger charge is 2.36. The van der Waals surface area contributed by atoms with Crippen LogP contribution in [-0.2, 0) is 16.2 Å². The third kappa shape index (κ3) is 3.69. The lowest BCUT2D eigenvalue weighted by molar-refractivity contribution is -0.141. The van der Waals surface area contributed by atoms with Crippen molar-refractivity contribution in [2.45, 2.75) is 18.0 Å². The van der Waals surface area contributed by atoms with Gasteiger partial charge in [-0.2, -0.15) is 31.2 Å². The Labute approximate surface area is 145 Å². The Bertz CT molecular complexity index is 993. The van der Waals surface area contributed by atoms with E-state index in [0.29, 0.717) is 9.67 Å². The Morgan fingerprint density at radius 1 is 1.12 bits per heavy atom. The van der Waals surface area contributed by atoms with E-state index in [2.05, 4.69) is 9.93 Å². The lowest BCUT2D eigenvalue weighted by Gasteiger charge is -2.10. The van der Waals surface area contributed by atoms with E-state index in [1.54, 1.807) is 25.1 Å². The zero-order valence-electron chi connectivity index (χ0n) is 12.8. The molecule has 132 valence electrons. The molecule has 0 saturated carbocycles. The number of nitrogens with one attached hydrogen (secondary N) is 1. The van der Waals surface area contributed by atoms with E-state index in [-0.39, 0.29) is 10.6 Å². The molecule has 0 atom stereocenters. The quantitative estimate of drug-likeness (QED) is 0.739. The van der Waals surface area contributed by atoms with Crippen molar-refractivity contribution >= 4 is 21.4 Å². The van der Waals surface area contributed by atoms with Crippen LogP contribution in [0.3, 0.4) is 0 Å². The molecule has 1 aromatic carbocycles. The molecule has 0 spiro atoms. The van der Waals surface area contributed by atoms with Gasteiger partial charge in [-0.05, 0) is 37.3 Å². The van der Waals surface area contributed by atoms with Gasteiger partial charge in [0.2, 0.25) is 0 Å². The molecule has 3 aromatic rings. The second-order valence-electron chi connectivity index (χ2n) is 5.14. The smallest absolute Gasteiger partial charge is 0.200 e. The standard InChI is InChI=1S/C15H12F3N3O2S2/c1-10-7-8-13(24-10)12-9-14(15(16,17)18)19-21(12)20-25(22,23)11-5-3-2-4-6-11/h2-9,20H,1H3. The maximum absolute atomic E-state index is 13.0. The number of hydrogen-bond donors (Lipinski definition) is 1. The summed E-state index contributed by atoms with van der Waals surface area (Å²) in [7, 11) is -4.08. The zero-order chi connectivity index (χ0) is 18.2. The summed E-state index contributed by atoms with van der Waals surface area (Å²) >= 11 is 1.24. The van der Waals surface area contributed by atoms with Gasteiger partial charge < -0.3 is 0 Å². The topological polar surface area (TPSA) is 64.0 Å². The molecular formula is C15H12F3N3O2S2. The van der Waals surface area contributed by atoms with Gasteiger partial charge in [-0.3, -0.25) is 0 Å². The minimum absolute atomic E-state index is 0.0185. The maximum atomic E-state index is 13.0. The molecule has 0 aliphatic rings. The first-order chi connectivity index (χ1) is 11.7. The molecule has 5 nitrogen and oxygen atoms in total. The fraction of sp³-hybridized carbons (Fsp3) is 0.133. The van der Waals surface area contributed by atoms with Gasteiger partial charge in [-0.1, -0.05) is 18.2 Å². The van der Waals surface area contributed by atoms with Crippen molar-refractivity contribution in [1.29, 1.82) is 0 Å². The summed E-state index contributed by atoms with van der Waals surface area (Å²) in [5, 5.41) is 3.39. The molecule has 1 N–H and O–H groups in total. The van der Waals surface area contributed by atoms with Gasteiger partial charge >= 0.3 is 6.18 Å². The predicted octanol–water partition coefficient (Wildman–Crippen LogP) is 3.87. The SMILES string of the molecule is Cc1ccc(-c2cc(C(F)(F)F)nn2NS(=O)(=O)c2ccccc2)s1. The summed E-state index contributed by atoms with van der Waals surface area (Å²) in [4.78, 5) is 4.01. The first kappa shape index (κ1) is 17.5. The molecule has 3 rings (SSSR count). The number of nitrogens with zero attached hydrogens (tertiary/aromatic N) is 2. The van der Waals surface area contributed by atoms with Gasteiger partial charge in [0.05, 0.1) is 9.77 Å². The Morgan fingerprint density at radius 2 is 1.80 bits per heavy atom. The second kappa shape index (κ2) is 6.19. The number of benzene rings is 1. The van der Waals surface area contributed by atoms with Crippen LogP contribution in [0.15, 0.2) is 53.4 Å². The van der Waals surface area contributed by atoms with Crippen LogP contribution in [0.25, 0.3) is 10.6 Å². The second-order valence-corrected chi connectivity index (χ2v) is 8.09. The average molecular weight is 387 g/mol. The Morgan fingerprint density at radius 3 is 2.36 bits per heavy atom. The van der Waals surface area contributed by atoms with Crippen LogP contribution in [0.2, 0.25) is 0 Å². The van der Waals surface area contributed by atoms with E-state index in [1.165, 1.54) is 35.6 Å². The van der Waals surface area contributed by atoms with Crippen molar-refractivity contribution in [1.82, 2.24) is 9.89 Å². The fourth-order valence-corrected chi connectivity index (χ4v) is 3.96. The highest BCUT2D eigenvalue weighted by atomic mass is 32.2. The molecule has 0 saturated heterocycles. The summed E-state index contributed by atoms with van der Waals surface area (Å²) in [5.74, 6) is 0. The molecule has 0 aliphatic carbocycles. The Hall–Kier alpha value is -2.33. The van der Waals surface area contributed by atoms with Crippen LogP contribution < -0.4 is 4.83 Å². The van der Waals surface area contributed by atoms with Crippen molar-refractivity contribution in [2.24, 2.45) is 0 Å². The Kier molecular flexibility index (Phi) is 4.33. The van der Waals surface area contributed by atoms with Crippen LogP contribution in [0.4, 0.5) is 13.2 Å². The van der Waals surface area contributed by atoms with E-state index in [4.69, 9.17) is 0 Å². The summed E-state index contributed by atoms with van der Waals surface area (Å²) in [5.41, 5.74) is -1.16. The number of rotatable bonds is 4. The number of alkyl halides is 3. The molecule has 2 heterocycles. The van der Waals surface area contributed by atoms with Crippen molar-refractivity contribution in [2.75, 3.05) is 4.83 Å². The van der Waals surface area contributed by atoms with Crippen LogP contribution >= 0.6 is 11.3 Å². The van der Waals surface area contributed by atoms with Crippen LogP contribution in [-0.4, -0.2) is 18.3 Å². The van der Waals surface area contributed by atoms with Crippen LogP contribution in [0, 0.1) is 6.92 Å². The fourth-order valence-electron chi connectivity index (χ4n) is 2.10. The van der Waals surface area contributed by atoms with Gasteiger partial charge in [0.15, 0.2) is 5.69 Å². The summed E-state index contributed by atoms with van der Waals surface area (Å²) in [6.07, 6.45) is -4.69. The molecular weight excluding hydrogens is 375 g/mol. The van der Waals surface area contributed by atoms with Crippen LogP contribution in [0.5, 0.6) is 0 Å². The molecule has 0 radical (unpaired) electrons. The van der Waals surface area contributed by atoms with Gasteiger partial charge in [0.1, 0.15) is 5.69 Å². The molecule has 0 aliphatic heterocycles. The average Bonchev–Trinajstić information content (AvgIpc) is 3.13. The van der Waals surface area contributed by atoms with Gasteiger partial charge in [0.25, 0.3) is 10.0 Å². The third-order valence-corrected chi connectivity index (χ3v) is 5.58. The lowest BCUT2D eigenvalue weighted by Crippen LogP contribution is -2.25. The van der Waals surface area contributed by atoms with Crippen molar-refractivity contribution < 1.29 is 21.6 Å². The maximum Gasteiger partial charge on any atom is 0.435 e. The zero-order valence-corrected chi connectivity index (χ0v) is 14.4. The van der Waals surface area contributed by atoms with Crippen LogP contribution in [0.1, 0.15) is 10.6 Å². The largest absolute Gasteiger partial charge is 0.435 e. The highest BCUT2D eigenvalue weighted by Crippen LogP contribution is 2.34. The Balaban J connectivity index is 2.07. The number of thiophene rings is 1. The third-order valence-electron chi connectivity index (χ3n) is 3.25. The first-order valence-corrected chi connectivity index (χ1v) is 9.29. The van der Waals surface area contributed by atoms with E-state index < -0.39 is 21.9 Å². The summed E-state index contributed by atoms with van der Waals surface area (Å²) in [6, 6.07) is 11.5. The van der Waals surface area contributed by atoms with Gasteiger partial charge in [-0.15, -0.1) is 16.4 Å². The number of aromatic nitrogens is 2. The first-order valence-electron chi connectivity index (χ1n) is 6.99. The summed E-state index contributed by atoms with van der Waals surface area (Å²) < 4.78 is 63.8. The highest BCUT2D eigenvalue weighted by molar-refractivity contribution is 7.92. The normalized spacial score (nSPS) is 12.3. The molecule has 0 amide bonds. The van der Waals surface area contributed by atoms with Gasteiger partial charge in [-0.25, -0.2) is 0 Å². The molecule has 0 bridgehead atoms. The van der Waals surface area contributed by atoms with E-state index >= 15 is 0 Å². The lowest BCUT2D eigenvalue weighted by atomic mass is 10.3. The van der Waals surface area contributed by atoms with Gasteiger partial charge in [0, 0.05) is 4.88 Å². The molecule has 2 aromatic heterocycles. The number of aryl methyl sites for hydroxylation is 1. The number of hydrogen-bond acceptors (Lipinski definition) is 4. The number of halogens is 3. The van der Waals surface area contributed by atoms with E-state index in [0.717, 1.165) is 10.9 Å². The minimum Gasteiger partial charge on any atom is -0.200 e. The van der Waals surface area contributed by atoms with Crippen molar-refractivity contribution in [3.05, 3.63) is 59.1 Å². The van der Waals surface area contributed by atoms with E-state index in [9.17, 15) is 21.6 Å². The molecule has 25 heavy (non-hydrogen) atoms. The number of sulfonamides is 1. The summed E-state index contributed by atoms with van der Waals surface area (Å²) in [6.45, 7) is 1.80. The monoisotopic (exact) mass is 387 g/mol. The molecule has 0 unspecified atom stereocenters. The van der Waals surface area contributed by atoms with E-state index in [1.807, 2.05) is 0 Å².